The molecule has 0 spiro atoms. The molecule has 7 nitrogen and oxygen atoms in total. The number of methoxy groups -OCH3 is 1. The number of aromatic nitrogens is 1. The zero-order valence-electron chi connectivity index (χ0n) is 19.2. The van der Waals surface area contributed by atoms with Gasteiger partial charge in [-0.3, -0.25) is 4.99 Å². The summed E-state index contributed by atoms with van der Waals surface area (Å²) in [5.41, 5.74) is 1.39. The van der Waals surface area contributed by atoms with Crippen LogP contribution in [0.4, 0.5) is 0 Å². The van der Waals surface area contributed by atoms with Crippen LogP contribution in [0.1, 0.15) is 38.2 Å². The molecule has 1 aliphatic rings. The molecule has 0 bridgehead atoms. The number of rotatable bonds is 11. The number of aliphatic imine (C=N–C) groups is 1. The van der Waals surface area contributed by atoms with E-state index >= 15 is 0 Å². The Hall–Kier alpha value is -2.07. The zero-order valence-corrected chi connectivity index (χ0v) is 21.6. The summed E-state index contributed by atoms with van der Waals surface area (Å²) < 4.78 is 16.8. The lowest BCUT2D eigenvalue weighted by Crippen LogP contribution is -2.46. The van der Waals surface area contributed by atoms with Crippen molar-refractivity contribution in [3.63, 3.8) is 0 Å². The SMILES string of the molecule is CCOc1ccccc1Oc1ccc(CNC(=NC)NCC2(CCOC)CCC2)cn1.I. The van der Waals surface area contributed by atoms with Gasteiger partial charge in [-0.1, -0.05) is 24.6 Å². The number of nitrogens with one attached hydrogen (secondary N) is 2. The maximum Gasteiger partial charge on any atom is 0.219 e. The van der Waals surface area contributed by atoms with Gasteiger partial charge < -0.3 is 24.8 Å². The van der Waals surface area contributed by atoms with Crippen LogP contribution in [-0.4, -0.2) is 44.9 Å². The Bertz CT molecular complexity index is 841. The summed E-state index contributed by atoms with van der Waals surface area (Å²) in [5.74, 6) is 2.70. The second-order valence-electron chi connectivity index (χ2n) is 7.86. The van der Waals surface area contributed by atoms with E-state index in [2.05, 4.69) is 20.6 Å². The number of benzene rings is 1. The summed E-state index contributed by atoms with van der Waals surface area (Å²) in [6.45, 7) is 4.89. The first-order valence-electron chi connectivity index (χ1n) is 11.0. The monoisotopic (exact) mass is 554 g/mol. The number of guanidine groups is 1. The highest BCUT2D eigenvalue weighted by atomic mass is 127. The van der Waals surface area contributed by atoms with Gasteiger partial charge in [-0.05, 0) is 49.3 Å². The van der Waals surface area contributed by atoms with E-state index in [4.69, 9.17) is 14.2 Å². The maximum absolute atomic E-state index is 5.89. The van der Waals surface area contributed by atoms with Gasteiger partial charge in [-0.2, -0.15) is 0 Å². The predicted octanol–water partition coefficient (Wildman–Crippen LogP) is 4.76. The minimum atomic E-state index is 0. The third-order valence-corrected chi connectivity index (χ3v) is 5.73. The summed E-state index contributed by atoms with van der Waals surface area (Å²) in [4.78, 5) is 8.78. The van der Waals surface area contributed by atoms with E-state index in [1.165, 1.54) is 19.3 Å². The van der Waals surface area contributed by atoms with E-state index in [0.717, 1.165) is 31.1 Å². The fourth-order valence-electron chi connectivity index (χ4n) is 3.69. The third-order valence-electron chi connectivity index (χ3n) is 5.73. The van der Waals surface area contributed by atoms with Gasteiger partial charge >= 0.3 is 0 Å². The van der Waals surface area contributed by atoms with Crippen LogP contribution in [0, 0.1) is 5.41 Å². The Morgan fingerprint density at radius 3 is 2.50 bits per heavy atom. The van der Waals surface area contributed by atoms with Crippen molar-refractivity contribution in [3.8, 4) is 17.4 Å². The summed E-state index contributed by atoms with van der Waals surface area (Å²) in [6.07, 6.45) is 6.69. The molecule has 0 aliphatic heterocycles. The molecule has 2 N–H and O–H groups in total. The van der Waals surface area contributed by atoms with Gasteiger partial charge in [0.2, 0.25) is 5.88 Å². The van der Waals surface area contributed by atoms with E-state index in [1.807, 2.05) is 49.5 Å². The Labute approximate surface area is 208 Å². The Morgan fingerprint density at radius 2 is 1.91 bits per heavy atom. The van der Waals surface area contributed by atoms with Crippen LogP contribution in [0.15, 0.2) is 47.6 Å². The molecule has 0 amide bonds. The molecule has 1 heterocycles. The Kier molecular flexibility index (Phi) is 11.0. The predicted molar refractivity (Wildman–Crippen MR) is 138 cm³/mol. The van der Waals surface area contributed by atoms with Gasteiger partial charge in [0.05, 0.1) is 6.61 Å². The molecule has 1 aliphatic carbocycles. The number of nitrogens with zero attached hydrogens (tertiary/aromatic N) is 2. The normalized spacial score (nSPS) is 14.7. The first-order valence-corrected chi connectivity index (χ1v) is 11.0. The molecule has 0 radical (unpaired) electrons. The van der Waals surface area contributed by atoms with E-state index in [-0.39, 0.29) is 24.0 Å². The summed E-state index contributed by atoms with van der Waals surface area (Å²) in [7, 11) is 3.56. The molecule has 1 aromatic carbocycles. The Balaban J connectivity index is 0.00000363. The van der Waals surface area contributed by atoms with Crippen molar-refractivity contribution in [2.24, 2.45) is 10.4 Å². The summed E-state index contributed by atoms with van der Waals surface area (Å²) in [5, 5.41) is 6.84. The number of pyridine rings is 1. The summed E-state index contributed by atoms with van der Waals surface area (Å²) in [6, 6.07) is 11.5. The van der Waals surface area contributed by atoms with Crippen molar-refractivity contribution in [1.82, 2.24) is 15.6 Å². The van der Waals surface area contributed by atoms with Crippen LogP contribution in [0.3, 0.4) is 0 Å². The third kappa shape index (κ3) is 7.51. The molecule has 0 atom stereocenters. The first kappa shape index (κ1) is 26.2. The molecule has 32 heavy (non-hydrogen) atoms. The lowest BCUT2D eigenvalue weighted by Gasteiger charge is -2.42. The van der Waals surface area contributed by atoms with E-state index in [9.17, 15) is 0 Å². The second-order valence-corrected chi connectivity index (χ2v) is 7.86. The standard InChI is InChI=1S/C24H34N4O3.HI/c1-4-30-20-8-5-6-9-21(20)31-22-11-10-19(16-26-22)17-27-23(25-2)28-18-24(12-7-13-24)14-15-29-3;/h5-6,8-11,16H,4,7,12-15,17-18H2,1-3H3,(H2,25,27,28);1H. The molecule has 1 aromatic heterocycles. The number of hydrogen-bond acceptors (Lipinski definition) is 5. The largest absolute Gasteiger partial charge is 0.490 e. The van der Waals surface area contributed by atoms with Crippen molar-refractivity contribution < 1.29 is 14.2 Å². The molecule has 8 heteroatoms. The smallest absolute Gasteiger partial charge is 0.219 e. The number of para-hydroxylation sites is 2. The lowest BCUT2D eigenvalue weighted by molar-refractivity contribution is 0.0732. The zero-order chi connectivity index (χ0) is 21.9. The van der Waals surface area contributed by atoms with Gasteiger partial charge in [0.25, 0.3) is 0 Å². The van der Waals surface area contributed by atoms with Crippen LogP contribution in [-0.2, 0) is 11.3 Å². The highest BCUT2D eigenvalue weighted by Crippen LogP contribution is 2.43. The van der Waals surface area contributed by atoms with E-state index in [0.29, 0.717) is 35.9 Å². The average Bonchev–Trinajstić information content (AvgIpc) is 2.77. The maximum atomic E-state index is 5.89. The Morgan fingerprint density at radius 1 is 1.12 bits per heavy atom. The quantitative estimate of drug-likeness (QED) is 0.237. The minimum absolute atomic E-state index is 0. The highest BCUT2D eigenvalue weighted by molar-refractivity contribution is 14.0. The van der Waals surface area contributed by atoms with Gasteiger partial charge in [0.1, 0.15) is 0 Å². The van der Waals surface area contributed by atoms with E-state index in [1.54, 1.807) is 14.2 Å². The molecule has 0 unspecified atom stereocenters. The molecule has 1 fully saturated rings. The molecule has 1 saturated carbocycles. The number of ether oxygens (including phenoxy) is 3. The van der Waals surface area contributed by atoms with Crippen molar-refractivity contribution in [3.05, 3.63) is 48.2 Å². The van der Waals surface area contributed by atoms with Crippen LogP contribution in [0.5, 0.6) is 17.4 Å². The van der Waals surface area contributed by atoms with Gasteiger partial charge in [0.15, 0.2) is 17.5 Å². The van der Waals surface area contributed by atoms with Crippen LogP contribution >= 0.6 is 24.0 Å². The van der Waals surface area contributed by atoms with E-state index < -0.39 is 0 Å². The van der Waals surface area contributed by atoms with Crippen molar-refractivity contribution in [2.75, 3.05) is 33.9 Å². The second kappa shape index (κ2) is 13.5. The average molecular weight is 554 g/mol. The molecule has 0 saturated heterocycles. The topological polar surface area (TPSA) is 77.0 Å². The first-order chi connectivity index (χ1) is 15.2. The van der Waals surface area contributed by atoms with Gasteiger partial charge in [0, 0.05) is 46.1 Å². The molecule has 3 rings (SSSR count). The van der Waals surface area contributed by atoms with Gasteiger partial charge in [-0.25, -0.2) is 4.98 Å². The lowest BCUT2D eigenvalue weighted by atomic mass is 9.67. The number of halogens is 1. The molecule has 176 valence electrons. The fourth-order valence-corrected chi connectivity index (χ4v) is 3.69. The van der Waals surface area contributed by atoms with Crippen LogP contribution in [0.25, 0.3) is 0 Å². The van der Waals surface area contributed by atoms with Crippen molar-refractivity contribution in [2.45, 2.75) is 39.2 Å². The molecule has 2 aromatic rings. The molecular formula is C24H35IN4O3. The van der Waals surface area contributed by atoms with Crippen molar-refractivity contribution >= 4 is 29.9 Å². The minimum Gasteiger partial charge on any atom is -0.490 e. The number of hydrogen-bond donors (Lipinski definition) is 2. The van der Waals surface area contributed by atoms with Crippen LogP contribution in [0.2, 0.25) is 0 Å². The van der Waals surface area contributed by atoms with Gasteiger partial charge in [-0.15, -0.1) is 24.0 Å². The van der Waals surface area contributed by atoms with Crippen molar-refractivity contribution in [1.29, 1.82) is 0 Å². The summed E-state index contributed by atoms with van der Waals surface area (Å²) >= 11 is 0. The molecular weight excluding hydrogens is 519 g/mol. The fraction of sp³-hybridized carbons (Fsp3) is 0.500. The van der Waals surface area contributed by atoms with Crippen LogP contribution < -0.4 is 20.1 Å². The highest BCUT2D eigenvalue weighted by Gasteiger charge is 2.36.